The summed E-state index contributed by atoms with van der Waals surface area (Å²) in [5, 5.41) is 3.66. The molecule has 0 bridgehead atoms. The molecular weight excluding hydrogens is 402 g/mol. The first-order valence-corrected chi connectivity index (χ1v) is 9.52. The Morgan fingerprint density at radius 2 is 1.73 bits per heavy atom. The number of carbonyl (C=O) groups is 2. The Kier molecular flexibility index (Phi) is 5.68. The molecule has 30 heavy (non-hydrogen) atoms. The third kappa shape index (κ3) is 4.45. The highest BCUT2D eigenvalue weighted by atomic mass is 35.5. The summed E-state index contributed by atoms with van der Waals surface area (Å²) >= 11 is 5.77. The van der Waals surface area contributed by atoms with E-state index in [9.17, 15) is 9.59 Å². The van der Waals surface area contributed by atoms with Crippen LogP contribution in [0.15, 0.2) is 79.0 Å². The molecule has 0 atom stereocenters. The fourth-order valence-electron chi connectivity index (χ4n) is 2.94. The number of amides is 1. The number of carbonyl (C=O) groups excluding carboxylic acids is 2. The summed E-state index contributed by atoms with van der Waals surface area (Å²) in [6, 6.07) is 21.7. The minimum atomic E-state index is -0.606. The zero-order valence-electron chi connectivity index (χ0n) is 15.7. The van der Waals surface area contributed by atoms with Crippen molar-refractivity contribution < 1.29 is 14.3 Å². The van der Waals surface area contributed by atoms with Gasteiger partial charge in [-0.05, 0) is 24.3 Å². The van der Waals surface area contributed by atoms with E-state index in [0.29, 0.717) is 33.0 Å². The summed E-state index contributed by atoms with van der Waals surface area (Å²) in [6.45, 7) is -0.444. The van der Waals surface area contributed by atoms with Crippen molar-refractivity contribution in [3.05, 3.63) is 89.6 Å². The largest absolute Gasteiger partial charge is 0.452 e. The molecule has 2 heterocycles. The van der Waals surface area contributed by atoms with E-state index in [-0.39, 0.29) is 0 Å². The van der Waals surface area contributed by atoms with Crippen LogP contribution in [0.4, 0.5) is 5.82 Å². The van der Waals surface area contributed by atoms with Crippen molar-refractivity contribution in [1.82, 2.24) is 9.97 Å². The number of anilines is 1. The lowest BCUT2D eigenvalue weighted by molar-refractivity contribution is -0.119. The number of esters is 1. The van der Waals surface area contributed by atoms with Crippen LogP contribution in [0.2, 0.25) is 5.02 Å². The molecule has 4 rings (SSSR count). The molecule has 0 aliphatic carbocycles. The number of fused-ring (bicyclic) bond motifs is 1. The number of benzene rings is 2. The predicted molar refractivity (Wildman–Crippen MR) is 115 cm³/mol. The molecule has 4 aromatic rings. The average molecular weight is 418 g/mol. The lowest BCUT2D eigenvalue weighted by Gasteiger charge is -2.10. The van der Waals surface area contributed by atoms with Crippen molar-refractivity contribution in [1.29, 1.82) is 0 Å². The molecule has 2 aromatic heterocycles. The summed E-state index contributed by atoms with van der Waals surface area (Å²) < 4.78 is 5.25. The van der Waals surface area contributed by atoms with Gasteiger partial charge in [0.2, 0.25) is 0 Å². The van der Waals surface area contributed by atoms with Crippen molar-refractivity contribution >= 4 is 40.2 Å². The number of nitrogens with zero attached hydrogens (tertiary/aromatic N) is 2. The molecule has 0 radical (unpaired) electrons. The van der Waals surface area contributed by atoms with Gasteiger partial charge < -0.3 is 10.1 Å². The second-order valence-corrected chi connectivity index (χ2v) is 6.86. The van der Waals surface area contributed by atoms with Crippen LogP contribution in [-0.2, 0) is 9.53 Å². The summed E-state index contributed by atoms with van der Waals surface area (Å²) in [4.78, 5) is 33.5. The number of pyridine rings is 2. The molecule has 0 saturated carbocycles. The smallest absolute Gasteiger partial charge is 0.339 e. The highest BCUT2D eigenvalue weighted by Gasteiger charge is 2.16. The number of nitrogens with one attached hydrogen (secondary N) is 1. The molecule has 0 aliphatic rings. The zero-order valence-corrected chi connectivity index (χ0v) is 16.5. The lowest BCUT2D eigenvalue weighted by Crippen LogP contribution is -2.21. The highest BCUT2D eigenvalue weighted by Crippen LogP contribution is 2.25. The van der Waals surface area contributed by atoms with E-state index in [1.165, 1.54) is 6.20 Å². The topological polar surface area (TPSA) is 81.2 Å². The van der Waals surface area contributed by atoms with Crippen LogP contribution in [0.3, 0.4) is 0 Å². The standard InChI is InChI=1S/C23H16ClN3O3/c24-16-10-11-21(25-13-16)27-22(28)14-30-23(29)18-12-20(15-6-2-1-3-7-15)26-19-9-5-4-8-17(18)19/h1-13H,14H2,(H,25,27,28). The van der Waals surface area contributed by atoms with Crippen LogP contribution >= 0.6 is 11.6 Å². The third-order valence-corrected chi connectivity index (χ3v) is 4.56. The quantitative estimate of drug-likeness (QED) is 0.474. The van der Waals surface area contributed by atoms with Gasteiger partial charge in [-0.25, -0.2) is 14.8 Å². The van der Waals surface area contributed by atoms with Gasteiger partial charge >= 0.3 is 5.97 Å². The van der Waals surface area contributed by atoms with Gasteiger partial charge in [-0.15, -0.1) is 0 Å². The monoisotopic (exact) mass is 417 g/mol. The Morgan fingerprint density at radius 1 is 0.967 bits per heavy atom. The number of hydrogen-bond donors (Lipinski definition) is 1. The number of halogens is 1. The first-order chi connectivity index (χ1) is 14.6. The zero-order chi connectivity index (χ0) is 20.9. The van der Waals surface area contributed by atoms with Gasteiger partial charge in [0.25, 0.3) is 5.91 Å². The fourth-order valence-corrected chi connectivity index (χ4v) is 3.05. The fraction of sp³-hybridized carbons (Fsp3) is 0.0435. The van der Waals surface area contributed by atoms with Crippen molar-refractivity contribution in [2.24, 2.45) is 0 Å². The van der Waals surface area contributed by atoms with E-state index in [2.05, 4.69) is 15.3 Å². The molecule has 0 unspecified atom stereocenters. The normalized spacial score (nSPS) is 10.6. The van der Waals surface area contributed by atoms with Crippen molar-refractivity contribution in [3.63, 3.8) is 0 Å². The third-order valence-electron chi connectivity index (χ3n) is 4.33. The van der Waals surface area contributed by atoms with E-state index in [0.717, 1.165) is 5.56 Å². The van der Waals surface area contributed by atoms with Crippen LogP contribution in [0.1, 0.15) is 10.4 Å². The van der Waals surface area contributed by atoms with E-state index < -0.39 is 18.5 Å². The molecule has 0 saturated heterocycles. The first-order valence-electron chi connectivity index (χ1n) is 9.14. The number of aromatic nitrogens is 2. The SMILES string of the molecule is O=C(COC(=O)c1cc(-c2ccccc2)nc2ccccc12)Nc1ccc(Cl)cn1. The molecule has 7 heteroatoms. The predicted octanol–water partition coefficient (Wildman–Crippen LogP) is 4.75. The van der Waals surface area contributed by atoms with Crippen molar-refractivity contribution in [2.75, 3.05) is 11.9 Å². The summed E-state index contributed by atoms with van der Waals surface area (Å²) in [7, 11) is 0. The highest BCUT2D eigenvalue weighted by molar-refractivity contribution is 6.30. The number of hydrogen-bond acceptors (Lipinski definition) is 5. The maximum absolute atomic E-state index is 12.8. The van der Waals surface area contributed by atoms with Gasteiger partial charge in [0.1, 0.15) is 5.82 Å². The molecule has 0 spiro atoms. The molecule has 0 fully saturated rings. The Hall–Kier alpha value is -3.77. The van der Waals surface area contributed by atoms with E-state index in [4.69, 9.17) is 16.3 Å². The minimum Gasteiger partial charge on any atom is -0.452 e. The Bertz CT molecular complexity index is 1210. The van der Waals surface area contributed by atoms with Gasteiger partial charge in [-0.2, -0.15) is 0 Å². The molecule has 0 aliphatic heterocycles. The van der Waals surface area contributed by atoms with E-state index >= 15 is 0 Å². The average Bonchev–Trinajstić information content (AvgIpc) is 2.79. The molecule has 1 amide bonds. The Morgan fingerprint density at radius 3 is 2.50 bits per heavy atom. The Balaban J connectivity index is 1.55. The second kappa shape index (κ2) is 8.71. The molecular formula is C23H16ClN3O3. The van der Waals surface area contributed by atoms with Gasteiger partial charge in [0.15, 0.2) is 6.61 Å². The van der Waals surface area contributed by atoms with Gasteiger partial charge in [0.05, 0.1) is 21.8 Å². The molecule has 148 valence electrons. The van der Waals surface area contributed by atoms with Crippen molar-refractivity contribution in [3.8, 4) is 11.3 Å². The maximum Gasteiger partial charge on any atom is 0.339 e. The van der Waals surface area contributed by atoms with Crippen LogP contribution in [-0.4, -0.2) is 28.5 Å². The summed E-state index contributed by atoms with van der Waals surface area (Å²) in [6.07, 6.45) is 1.41. The molecule has 1 N–H and O–H groups in total. The van der Waals surface area contributed by atoms with Crippen LogP contribution in [0, 0.1) is 0 Å². The van der Waals surface area contributed by atoms with E-state index in [1.54, 1.807) is 24.3 Å². The molecule has 6 nitrogen and oxygen atoms in total. The van der Waals surface area contributed by atoms with Crippen LogP contribution in [0.5, 0.6) is 0 Å². The van der Waals surface area contributed by atoms with Gasteiger partial charge in [-0.3, -0.25) is 4.79 Å². The van der Waals surface area contributed by atoms with Crippen LogP contribution < -0.4 is 5.32 Å². The van der Waals surface area contributed by atoms with Gasteiger partial charge in [0, 0.05) is 17.1 Å². The van der Waals surface area contributed by atoms with Gasteiger partial charge in [-0.1, -0.05) is 60.1 Å². The second-order valence-electron chi connectivity index (χ2n) is 6.42. The number of rotatable bonds is 5. The maximum atomic E-state index is 12.8. The lowest BCUT2D eigenvalue weighted by atomic mass is 10.0. The van der Waals surface area contributed by atoms with Crippen molar-refractivity contribution in [2.45, 2.75) is 0 Å². The molecule has 2 aromatic carbocycles. The summed E-state index contributed by atoms with van der Waals surface area (Å²) in [5.41, 5.74) is 2.54. The van der Waals surface area contributed by atoms with Crippen LogP contribution in [0.25, 0.3) is 22.2 Å². The number of para-hydroxylation sites is 1. The minimum absolute atomic E-state index is 0.321. The number of ether oxygens (including phenoxy) is 1. The first kappa shape index (κ1) is 19.5. The Labute approximate surface area is 177 Å². The van der Waals surface area contributed by atoms with E-state index in [1.807, 2.05) is 48.5 Å². The summed E-state index contributed by atoms with van der Waals surface area (Å²) in [5.74, 6) is -0.786.